The number of thioether (sulfide) groups is 1. The van der Waals surface area contributed by atoms with Gasteiger partial charge in [-0.05, 0) is 43.5 Å². The van der Waals surface area contributed by atoms with E-state index in [2.05, 4.69) is 19.2 Å². The second-order valence-corrected chi connectivity index (χ2v) is 7.53. The molecule has 21 heavy (non-hydrogen) atoms. The summed E-state index contributed by atoms with van der Waals surface area (Å²) < 4.78 is 0. The van der Waals surface area contributed by atoms with Gasteiger partial charge >= 0.3 is 0 Å². The molecule has 0 aliphatic carbocycles. The molecule has 0 bridgehead atoms. The lowest BCUT2D eigenvalue weighted by Crippen LogP contribution is -2.41. The van der Waals surface area contributed by atoms with Gasteiger partial charge in [-0.25, -0.2) is 0 Å². The first-order chi connectivity index (χ1) is 9.78. The lowest BCUT2D eigenvalue weighted by Gasteiger charge is -2.25. The summed E-state index contributed by atoms with van der Waals surface area (Å²) in [6.07, 6.45) is 1.11. The zero-order valence-corrected chi connectivity index (χ0v) is 14.4. The summed E-state index contributed by atoms with van der Waals surface area (Å²) >= 11 is 7.44. The minimum Gasteiger partial charge on any atom is -0.388 e. The first-order valence-electron chi connectivity index (χ1n) is 7.16. The molecule has 0 saturated heterocycles. The highest BCUT2D eigenvalue weighted by atomic mass is 35.5. The van der Waals surface area contributed by atoms with Gasteiger partial charge in [-0.2, -0.15) is 0 Å². The van der Waals surface area contributed by atoms with Crippen LogP contribution in [0.25, 0.3) is 0 Å². The van der Waals surface area contributed by atoms with Crippen molar-refractivity contribution in [2.75, 3.05) is 12.3 Å². The van der Waals surface area contributed by atoms with Crippen molar-refractivity contribution in [2.24, 2.45) is 5.92 Å². The van der Waals surface area contributed by atoms with E-state index >= 15 is 0 Å². The monoisotopic (exact) mass is 329 g/mol. The Labute approximate surface area is 136 Å². The Morgan fingerprint density at radius 3 is 2.57 bits per heavy atom. The number of rotatable bonds is 8. The number of hydrogen-bond donors (Lipinski definition) is 2. The number of nitrogens with one attached hydrogen (secondary N) is 1. The van der Waals surface area contributed by atoms with Gasteiger partial charge in [0.05, 0.1) is 5.60 Å². The van der Waals surface area contributed by atoms with E-state index in [1.165, 1.54) is 0 Å². The van der Waals surface area contributed by atoms with E-state index in [4.69, 9.17) is 11.6 Å². The summed E-state index contributed by atoms with van der Waals surface area (Å²) in [4.78, 5) is 12.9. The normalized spacial score (nSPS) is 14.0. The quantitative estimate of drug-likeness (QED) is 0.714. The number of aliphatic hydroxyl groups is 1. The van der Waals surface area contributed by atoms with Gasteiger partial charge in [0, 0.05) is 28.6 Å². The molecule has 2 N–H and O–H groups in total. The molecule has 0 spiro atoms. The zero-order valence-electron chi connectivity index (χ0n) is 12.9. The van der Waals surface area contributed by atoms with Crippen LogP contribution in [0.5, 0.6) is 0 Å². The Hall–Kier alpha value is -0.710. The second-order valence-electron chi connectivity index (χ2n) is 5.92. The van der Waals surface area contributed by atoms with E-state index in [0.29, 0.717) is 36.1 Å². The van der Waals surface area contributed by atoms with Crippen molar-refractivity contribution in [1.29, 1.82) is 0 Å². The molecule has 5 heteroatoms. The number of amides is 1. The molecule has 0 aliphatic rings. The minimum atomic E-state index is -0.840. The Balaban J connectivity index is 2.23. The van der Waals surface area contributed by atoms with E-state index in [9.17, 15) is 9.90 Å². The first-order valence-corrected chi connectivity index (χ1v) is 8.52. The largest absolute Gasteiger partial charge is 0.388 e. The highest BCUT2D eigenvalue weighted by Crippen LogP contribution is 2.21. The third kappa shape index (κ3) is 8.34. The second kappa shape index (κ2) is 8.66. The number of carbonyl (C=O) groups excluding carboxylic acids is 1. The summed E-state index contributed by atoms with van der Waals surface area (Å²) in [6.45, 7) is 6.17. The molecular weight excluding hydrogens is 306 g/mol. The van der Waals surface area contributed by atoms with Crippen LogP contribution in [0, 0.1) is 5.92 Å². The lowest BCUT2D eigenvalue weighted by atomic mass is 9.94. The Morgan fingerprint density at radius 2 is 2.00 bits per heavy atom. The van der Waals surface area contributed by atoms with E-state index in [1.54, 1.807) is 18.7 Å². The topological polar surface area (TPSA) is 49.3 Å². The summed E-state index contributed by atoms with van der Waals surface area (Å²) in [6, 6.07) is 7.57. The van der Waals surface area contributed by atoms with Gasteiger partial charge < -0.3 is 10.4 Å². The van der Waals surface area contributed by atoms with Crippen molar-refractivity contribution >= 4 is 29.3 Å². The molecular formula is C16H24ClNO2S. The Kier molecular flexibility index (Phi) is 7.57. The average Bonchev–Trinajstić information content (AvgIpc) is 2.37. The standard InChI is InChI=1S/C16H24ClNO2S/c1-12(2)10-16(3,20)11-18-15(19)8-9-21-14-6-4-13(17)5-7-14/h4-7,12,20H,8-11H2,1-3H3,(H,18,19). The zero-order chi connectivity index (χ0) is 15.9. The van der Waals surface area contributed by atoms with Crippen molar-refractivity contribution in [2.45, 2.75) is 44.1 Å². The van der Waals surface area contributed by atoms with Gasteiger partial charge in [-0.1, -0.05) is 25.4 Å². The van der Waals surface area contributed by atoms with E-state index in [0.717, 1.165) is 4.90 Å². The molecule has 3 nitrogen and oxygen atoms in total. The van der Waals surface area contributed by atoms with Crippen LogP contribution in [0.4, 0.5) is 0 Å². The van der Waals surface area contributed by atoms with Crippen LogP contribution >= 0.6 is 23.4 Å². The average molecular weight is 330 g/mol. The predicted molar refractivity (Wildman–Crippen MR) is 89.9 cm³/mol. The Bertz CT molecular complexity index is 446. The molecule has 0 radical (unpaired) electrons. The Morgan fingerprint density at radius 1 is 1.38 bits per heavy atom. The molecule has 1 unspecified atom stereocenters. The van der Waals surface area contributed by atoms with Crippen molar-refractivity contribution in [3.63, 3.8) is 0 Å². The smallest absolute Gasteiger partial charge is 0.220 e. The molecule has 0 fully saturated rings. The van der Waals surface area contributed by atoms with Gasteiger partial charge in [0.1, 0.15) is 0 Å². The SMILES string of the molecule is CC(C)CC(C)(O)CNC(=O)CCSc1ccc(Cl)cc1. The fourth-order valence-electron chi connectivity index (χ4n) is 2.12. The number of carbonyl (C=O) groups is 1. The molecule has 0 heterocycles. The van der Waals surface area contributed by atoms with Crippen LogP contribution in [0.15, 0.2) is 29.2 Å². The molecule has 1 atom stereocenters. The molecule has 1 amide bonds. The fraction of sp³-hybridized carbons (Fsp3) is 0.562. The van der Waals surface area contributed by atoms with Gasteiger partial charge in [0.2, 0.25) is 5.91 Å². The van der Waals surface area contributed by atoms with Crippen LogP contribution in [0.3, 0.4) is 0 Å². The maximum atomic E-state index is 11.8. The first kappa shape index (κ1) is 18.3. The predicted octanol–water partition coefficient (Wildman–Crippen LogP) is 3.74. The summed E-state index contributed by atoms with van der Waals surface area (Å²) in [5, 5.41) is 13.6. The number of halogens is 1. The minimum absolute atomic E-state index is 0.0273. The highest BCUT2D eigenvalue weighted by Gasteiger charge is 2.22. The van der Waals surface area contributed by atoms with Crippen LogP contribution in [0.1, 0.15) is 33.6 Å². The van der Waals surface area contributed by atoms with Crippen molar-refractivity contribution in [1.82, 2.24) is 5.32 Å². The van der Waals surface area contributed by atoms with Crippen LogP contribution in [-0.2, 0) is 4.79 Å². The molecule has 0 aliphatic heterocycles. The van der Waals surface area contributed by atoms with Gasteiger partial charge in [-0.15, -0.1) is 11.8 Å². The van der Waals surface area contributed by atoms with Crippen LogP contribution < -0.4 is 5.32 Å². The van der Waals surface area contributed by atoms with Gasteiger partial charge in [-0.3, -0.25) is 4.79 Å². The molecule has 118 valence electrons. The maximum absolute atomic E-state index is 11.8. The summed E-state index contributed by atoms with van der Waals surface area (Å²) in [5.41, 5.74) is -0.840. The molecule has 0 aromatic heterocycles. The third-order valence-corrected chi connectivity index (χ3v) is 4.19. The molecule has 1 aromatic carbocycles. The number of benzene rings is 1. The van der Waals surface area contributed by atoms with Crippen LogP contribution in [0.2, 0.25) is 5.02 Å². The van der Waals surface area contributed by atoms with Crippen molar-refractivity contribution in [3.05, 3.63) is 29.3 Å². The van der Waals surface area contributed by atoms with E-state index in [1.807, 2.05) is 24.3 Å². The van der Waals surface area contributed by atoms with Crippen LogP contribution in [-0.4, -0.2) is 28.9 Å². The lowest BCUT2D eigenvalue weighted by molar-refractivity contribution is -0.121. The molecule has 0 saturated carbocycles. The molecule has 1 rings (SSSR count). The van der Waals surface area contributed by atoms with Gasteiger partial charge in [0.15, 0.2) is 0 Å². The molecule has 1 aromatic rings. The van der Waals surface area contributed by atoms with Gasteiger partial charge in [0.25, 0.3) is 0 Å². The fourth-order valence-corrected chi connectivity index (χ4v) is 3.10. The van der Waals surface area contributed by atoms with Crippen molar-refractivity contribution in [3.8, 4) is 0 Å². The number of hydrogen-bond acceptors (Lipinski definition) is 3. The third-order valence-electron chi connectivity index (χ3n) is 2.93. The maximum Gasteiger partial charge on any atom is 0.220 e. The summed E-state index contributed by atoms with van der Waals surface area (Å²) in [5.74, 6) is 1.08. The van der Waals surface area contributed by atoms with E-state index in [-0.39, 0.29) is 5.91 Å². The highest BCUT2D eigenvalue weighted by molar-refractivity contribution is 7.99. The van der Waals surface area contributed by atoms with Crippen molar-refractivity contribution < 1.29 is 9.90 Å². The summed E-state index contributed by atoms with van der Waals surface area (Å²) in [7, 11) is 0. The van der Waals surface area contributed by atoms with E-state index < -0.39 is 5.60 Å².